The van der Waals surface area contributed by atoms with Gasteiger partial charge in [0.1, 0.15) is 0 Å². The van der Waals surface area contributed by atoms with E-state index in [1.54, 1.807) is 12.1 Å². The van der Waals surface area contributed by atoms with Gasteiger partial charge in [0, 0.05) is 11.3 Å². The SMILES string of the molecule is CCc1ccc(NC(=O)CSc2nnc(-c3cc(OC)c(OC)c(OC)c3)n2N)cc1. The molecule has 2 aromatic carbocycles. The van der Waals surface area contributed by atoms with Crippen LogP contribution in [0.3, 0.4) is 0 Å². The number of nitrogens with zero attached hydrogens (tertiary/aromatic N) is 3. The number of nitrogen functional groups attached to an aromatic ring is 1. The van der Waals surface area contributed by atoms with Crippen molar-refractivity contribution in [1.29, 1.82) is 0 Å². The maximum atomic E-state index is 12.3. The van der Waals surface area contributed by atoms with Crippen LogP contribution in [0.4, 0.5) is 5.69 Å². The normalized spacial score (nSPS) is 10.6. The molecule has 0 aliphatic rings. The average Bonchev–Trinajstić information content (AvgIpc) is 3.17. The van der Waals surface area contributed by atoms with Crippen LogP contribution in [0.15, 0.2) is 41.6 Å². The van der Waals surface area contributed by atoms with Crippen LogP contribution in [-0.4, -0.2) is 47.9 Å². The summed E-state index contributed by atoms with van der Waals surface area (Å²) < 4.78 is 17.4. The van der Waals surface area contributed by atoms with Crippen LogP contribution in [0, 0.1) is 0 Å². The zero-order chi connectivity index (χ0) is 22.4. The Morgan fingerprint density at radius 2 is 1.71 bits per heavy atom. The molecule has 3 rings (SSSR count). The molecule has 164 valence electrons. The molecule has 1 aromatic heterocycles. The molecule has 1 heterocycles. The zero-order valence-corrected chi connectivity index (χ0v) is 18.7. The van der Waals surface area contributed by atoms with Crippen molar-refractivity contribution in [2.24, 2.45) is 0 Å². The van der Waals surface area contributed by atoms with Crippen molar-refractivity contribution in [2.75, 3.05) is 38.2 Å². The molecule has 1 amide bonds. The fourth-order valence-corrected chi connectivity index (χ4v) is 3.59. The van der Waals surface area contributed by atoms with Crippen molar-refractivity contribution in [1.82, 2.24) is 14.9 Å². The second-order valence-electron chi connectivity index (χ2n) is 6.48. The lowest BCUT2D eigenvalue weighted by Gasteiger charge is -2.13. The molecule has 9 nitrogen and oxygen atoms in total. The van der Waals surface area contributed by atoms with Gasteiger partial charge < -0.3 is 25.4 Å². The van der Waals surface area contributed by atoms with Crippen molar-refractivity contribution in [3.8, 4) is 28.6 Å². The molecule has 0 spiro atoms. The molecule has 0 saturated heterocycles. The first-order valence-corrected chi connectivity index (χ1v) is 10.5. The number of benzene rings is 2. The van der Waals surface area contributed by atoms with E-state index >= 15 is 0 Å². The van der Waals surface area contributed by atoms with E-state index in [0.717, 1.165) is 12.1 Å². The van der Waals surface area contributed by atoms with Crippen LogP contribution < -0.4 is 25.4 Å². The van der Waals surface area contributed by atoms with Crippen LogP contribution in [-0.2, 0) is 11.2 Å². The van der Waals surface area contributed by atoms with Gasteiger partial charge in [-0.2, -0.15) is 0 Å². The van der Waals surface area contributed by atoms with Crippen molar-refractivity contribution < 1.29 is 19.0 Å². The maximum Gasteiger partial charge on any atom is 0.234 e. The Labute approximate surface area is 184 Å². The summed E-state index contributed by atoms with van der Waals surface area (Å²) in [7, 11) is 4.59. The number of amides is 1. The number of carbonyl (C=O) groups excluding carboxylic acids is 1. The fraction of sp³-hybridized carbons (Fsp3) is 0.286. The van der Waals surface area contributed by atoms with Crippen molar-refractivity contribution in [2.45, 2.75) is 18.5 Å². The highest BCUT2D eigenvalue weighted by atomic mass is 32.2. The third-order valence-electron chi connectivity index (χ3n) is 4.57. The highest BCUT2D eigenvalue weighted by Crippen LogP contribution is 2.40. The van der Waals surface area contributed by atoms with Gasteiger partial charge in [-0.25, -0.2) is 4.68 Å². The minimum atomic E-state index is -0.161. The molecule has 0 bridgehead atoms. The minimum absolute atomic E-state index is 0.139. The number of carbonyl (C=O) groups is 1. The van der Waals surface area contributed by atoms with Crippen LogP contribution in [0.2, 0.25) is 0 Å². The summed E-state index contributed by atoms with van der Waals surface area (Å²) in [4.78, 5) is 12.3. The van der Waals surface area contributed by atoms with Crippen LogP contribution in [0.5, 0.6) is 17.2 Å². The van der Waals surface area contributed by atoms with Gasteiger partial charge in [0.15, 0.2) is 17.3 Å². The molecule has 0 saturated carbocycles. The van der Waals surface area contributed by atoms with Crippen LogP contribution >= 0.6 is 11.8 Å². The third kappa shape index (κ3) is 5.02. The third-order valence-corrected chi connectivity index (χ3v) is 5.51. The molecule has 10 heteroatoms. The van der Waals surface area contributed by atoms with Crippen molar-refractivity contribution in [3.05, 3.63) is 42.0 Å². The summed E-state index contributed by atoms with van der Waals surface area (Å²) in [6.07, 6.45) is 0.949. The van der Waals surface area contributed by atoms with E-state index in [2.05, 4.69) is 22.4 Å². The van der Waals surface area contributed by atoms with Gasteiger partial charge in [0.2, 0.25) is 16.8 Å². The number of hydrogen-bond acceptors (Lipinski definition) is 8. The van der Waals surface area contributed by atoms with E-state index < -0.39 is 0 Å². The van der Waals surface area contributed by atoms with Crippen LogP contribution in [0.25, 0.3) is 11.4 Å². The molecule has 31 heavy (non-hydrogen) atoms. The highest BCUT2D eigenvalue weighted by Gasteiger charge is 2.19. The Morgan fingerprint density at radius 3 is 2.26 bits per heavy atom. The lowest BCUT2D eigenvalue weighted by molar-refractivity contribution is -0.113. The number of rotatable bonds is 9. The largest absolute Gasteiger partial charge is 0.493 e. The standard InChI is InChI=1S/C21H25N5O4S/c1-5-13-6-8-15(9-7-13)23-18(27)12-31-21-25-24-20(26(21)22)14-10-16(28-2)19(30-4)17(11-14)29-3/h6-11H,5,12,22H2,1-4H3,(H,23,27). The summed E-state index contributed by atoms with van der Waals surface area (Å²) in [5.41, 5.74) is 2.59. The monoisotopic (exact) mass is 443 g/mol. The number of anilines is 1. The number of nitrogens with one attached hydrogen (secondary N) is 1. The first kappa shape index (κ1) is 22.3. The number of aromatic nitrogens is 3. The Bertz CT molecular complexity index is 1030. The maximum absolute atomic E-state index is 12.3. The molecular formula is C21H25N5O4S. The number of thioether (sulfide) groups is 1. The van der Waals surface area contributed by atoms with Gasteiger partial charge in [-0.1, -0.05) is 30.8 Å². The average molecular weight is 444 g/mol. The molecule has 0 fully saturated rings. The second kappa shape index (κ2) is 10.1. The molecule has 0 atom stereocenters. The van der Waals surface area contributed by atoms with E-state index in [1.165, 1.54) is 43.3 Å². The second-order valence-corrected chi connectivity index (χ2v) is 7.42. The van der Waals surface area contributed by atoms with Gasteiger partial charge in [0.05, 0.1) is 27.1 Å². The van der Waals surface area contributed by atoms with Crippen molar-refractivity contribution in [3.63, 3.8) is 0 Å². The van der Waals surface area contributed by atoms with E-state index in [1.807, 2.05) is 24.3 Å². The quantitative estimate of drug-likeness (QED) is 0.383. The number of aryl methyl sites for hydroxylation is 1. The summed E-state index contributed by atoms with van der Waals surface area (Å²) in [6.45, 7) is 2.08. The Balaban J connectivity index is 1.72. The first-order valence-electron chi connectivity index (χ1n) is 9.53. The summed E-state index contributed by atoms with van der Waals surface area (Å²) >= 11 is 1.19. The number of hydrogen-bond donors (Lipinski definition) is 2. The minimum Gasteiger partial charge on any atom is -0.493 e. The van der Waals surface area contributed by atoms with Gasteiger partial charge in [0.25, 0.3) is 0 Å². The lowest BCUT2D eigenvalue weighted by atomic mass is 10.1. The summed E-state index contributed by atoms with van der Waals surface area (Å²) in [5, 5.41) is 11.5. The zero-order valence-electron chi connectivity index (χ0n) is 17.8. The predicted molar refractivity (Wildman–Crippen MR) is 120 cm³/mol. The van der Waals surface area contributed by atoms with E-state index in [9.17, 15) is 4.79 Å². The molecule has 0 aliphatic carbocycles. The topological polar surface area (TPSA) is 114 Å². The molecular weight excluding hydrogens is 418 g/mol. The predicted octanol–water partition coefficient (Wildman–Crippen LogP) is 2.98. The lowest BCUT2D eigenvalue weighted by Crippen LogP contribution is -2.16. The summed E-state index contributed by atoms with van der Waals surface area (Å²) in [6, 6.07) is 11.2. The fourth-order valence-electron chi connectivity index (χ4n) is 2.93. The number of nitrogens with two attached hydrogens (primary N) is 1. The summed E-state index contributed by atoms with van der Waals surface area (Å²) in [5.74, 6) is 7.98. The molecule has 0 aliphatic heterocycles. The number of ether oxygens (including phenoxy) is 3. The van der Waals surface area contributed by atoms with Gasteiger partial charge in [-0.3, -0.25) is 4.79 Å². The molecule has 3 aromatic rings. The first-order chi connectivity index (χ1) is 15.0. The van der Waals surface area contributed by atoms with Gasteiger partial charge >= 0.3 is 0 Å². The Hall–Kier alpha value is -3.40. The molecule has 0 unspecified atom stereocenters. The number of methoxy groups -OCH3 is 3. The highest BCUT2D eigenvalue weighted by molar-refractivity contribution is 7.99. The van der Waals surface area contributed by atoms with E-state index in [-0.39, 0.29) is 11.7 Å². The van der Waals surface area contributed by atoms with Gasteiger partial charge in [-0.05, 0) is 36.2 Å². The smallest absolute Gasteiger partial charge is 0.234 e. The Morgan fingerprint density at radius 1 is 1.06 bits per heavy atom. The van der Waals surface area contributed by atoms with E-state index in [0.29, 0.717) is 33.8 Å². The van der Waals surface area contributed by atoms with Crippen molar-refractivity contribution >= 4 is 23.4 Å². The Kier molecular flexibility index (Phi) is 7.24. The molecule has 0 radical (unpaired) electrons. The van der Waals surface area contributed by atoms with Crippen LogP contribution in [0.1, 0.15) is 12.5 Å². The van der Waals surface area contributed by atoms with Gasteiger partial charge in [-0.15, -0.1) is 10.2 Å². The molecule has 3 N–H and O–H groups in total. The van der Waals surface area contributed by atoms with E-state index in [4.69, 9.17) is 20.1 Å².